The van der Waals surface area contributed by atoms with Gasteiger partial charge in [-0.15, -0.1) is 0 Å². The lowest BCUT2D eigenvalue weighted by Crippen LogP contribution is -2.12. The molecule has 1 aliphatic heterocycles. The Labute approximate surface area is 49.5 Å². The lowest BCUT2D eigenvalue weighted by Gasteiger charge is -2.04. The molecule has 8 heavy (non-hydrogen) atoms. The molecule has 0 bridgehead atoms. The minimum Gasteiger partial charge on any atom is -0.394 e. The molecular weight excluding hydrogens is 104 g/mol. The number of hydrogen-bond acceptors (Lipinski definition) is 2. The van der Waals surface area contributed by atoms with Gasteiger partial charge in [0.2, 0.25) is 0 Å². The van der Waals surface area contributed by atoms with Crippen LogP contribution >= 0.6 is 0 Å². The largest absolute Gasteiger partial charge is 0.394 e. The van der Waals surface area contributed by atoms with E-state index in [0.29, 0.717) is 0 Å². The van der Waals surface area contributed by atoms with Gasteiger partial charge in [-0.05, 0) is 19.8 Å². The molecule has 1 rings (SSSR count). The molecule has 0 amide bonds. The third kappa shape index (κ3) is 1.20. The van der Waals surface area contributed by atoms with Gasteiger partial charge in [0, 0.05) is 0 Å². The van der Waals surface area contributed by atoms with Gasteiger partial charge in [-0.25, -0.2) is 0 Å². The zero-order valence-corrected chi connectivity index (χ0v) is 4.71. The fourth-order valence-electron chi connectivity index (χ4n) is 0.868. The van der Waals surface area contributed by atoms with Gasteiger partial charge in [0.1, 0.15) is 0 Å². The second-order valence-electron chi connectivity index (χ2n) is 2.06. The molecule has 2 atom stereocenters. The molecule has 1 unspecified atom stereocenters. The van der Waals surface area contributed by atoms with Crippen molar-refractivity contribution >= 4 is 0 Å². The topological polar surface area (TPSA) is 29.5 Å². The van der Waals surface area contributed by atoms with Gasteiger partial charge < -0.3 is 9.84 Å². The van der Waals surface area contributed by atoms with Crippen molar-refractivity contribution in [3.8, 4) is 0 Å². The van der Waals surface area contributed by atoms with Crippen LogP contribution in [0.4, 0.5) is 0 Å². The van der Waals surface area contributed by atoms with Gasteiger partial charge >= 0.3 is 0 Å². The molecule has 1 N–H and O–H groups in total. The second kappa shape index (κ2) is 2.46. The summed E-state index contributed by atoms with van der Waals surface area (Å²) >= 11 is 0. The van der Waals surface area contributed by atoms with Crippen LogP contribution in [0.15, 0.2) is 0 Å². The van der Waals surface area contributed by atoms with Crippen LogP contribution in [0.25, 0.3) is 0 Å². The minimum absolute atomic E-state index is 0.00463. The first-order chi connectivity index (χ1) is 3.83. The monoisotopic (exact) mass is 114 g/mol. The smallest absolute Gasteiger partial charge is 0.0810 e. The lowest BCUT2D eigenvalue weighted by molar-refractivity contribution is 0.0300. The molecule has 0 saturated carbocycles. The maximum Gasteiger partial charge on any atom is 0.0810 e. The first-order valence-corrected chi connectivity index (χ1v) is 2.85. The Bertz CT molecular complexity index is 72.9. The fourth-order valence-corrected chi connectivity index (χ4v) is 0.868. The Morgan fingerprint density at radius 1 is 1.62 bits per heavy atom. The van der Waals surface area contributed by atoms with E-state index in [1.54, 1.807) is 0 Å². The summed E-state index contributed by atoms with van der Waals surface area (Å²) in [4.78, 5) is 0. The van der Waals surface area contributed by atoms with Crippen LogP contribution in [0.3, 0.4) is 0 Å². The van der Waals surface area contributed by atoms with E-state index in [9.17, 15) is 0 Å². The van der Waals surface area contributed by atoms with Crippen LogP contribution in [0, 0.1) is 6.92 Å². The zero-order chi connectivity index (χ0) is 5.98. The molecule has 0 aromatic heterocycles. The average Bonchev–Trinajstić information content (AvgIpc) is 2.14. The van der Waals surface area contributed by atoms with E-state index in [-0.39, 0.29) is 18.8 Å². The van der Waals surface area contributed by atoms with Crippen molar-refractivity contribution in [3.63, 3.8) is 0 Å². The average molecular weight is 114 g/mol. The van der Waals surface area contributed by atoms with Crippen LogP contribution < -0.4 is 0 Å². The molecule has 0 aromatic rings. The number of aliphatic hydroxyl groups excluding tert-OH is 1. The maximum atomic E-state index is 8.50. The standard InChI is InChI=1S/C6H10O2/c1-5-2-3-6(4-7)8-5/h1,5-7H,2-4H2/t5?,6-/m0/s1. The van der Waals surface area contributed by atoms with E-state index in [1.165, 1.54) is 0 Å². The molecule has 2 nitrogen and oxygen atoms in total. The van der Waals surface area contributed by atoms with E-state index in [1.807, 2.05) is 0 Å². The zero-order valence-electron chi connectivity index (χ0n) is 4.71. The van der Waals surface area contributed by atoms with Crippen molar-refractivity contribution in [2.75, 3.05) is 6.61 Å². The molecule has 2 heteroatoms. The first-order valence-electron chi connectivity index (χ1n) is 2.85. The summed E-state index contributed by atoms with van der Waals surface area (Å²) < 4.78 is 5.04. The molecule has 46 valence electrons. The number of ether oxygens (including phenoxy) is 1. The van der Waals surface area contributed by atoms with Gasteiger partial charge in [0.25, 0.3) is 0 Å². The van der Waals surface area contributed by atoms with Gasteiger partial charge in [-0.3, -0.25) is 0 Å². The molecule has 1 aliphatic rings. The SMILES string of the molecule is [CH]C1CC[C@@H](CO)O1. The van der Waals surface area contributed by atoms with Crippen molar-refractivity contribution in [2.24, 2.45) is 0 Å². The number of hydrogen-bond donors (Lipinski definition) is 1. The Kier molecular flexibility index (Phi) is 1.86. The molecule has 1 fully saturated rings. The van der Waals surface area contributed by atoms with E-state index in [4.69, 9.17) is 16.8 Å². The highest BCUT2D eigenvalue weighted by Gasteiger charge is 2.20. The van der Waals surface area contributed by atoms with E-state index in [2.05, 4.69) is 0 Å². The van der Waals surface area contributed by atoms with Gasteiger partial charge in [0.05, 0.1) is 18.8 Å². The third-order valence-electron chi connectivity index (χ3n) is 1.34. The summed E-state index contributed by atoms with van der Waals surface area (Å²) in [5.41, 5.74) is 0. The summed E-state index contributed by atoms with van der Waals surface area (Å²) in [6, 6.07) is 0. The Balaban J connectivity index is 2.22. The third-order valence-corrected chi connectivity index (χ3v) is 1.34. The van der Waals surface area contributed by atoms with Crippen molar-refractivity contribution in [1.29, 1.82) is 0 Å². The number of rotatable bonds is 1. The predicted molar refractivity (Wildman–Crippen MR) is 29.3 cm³/mol. The molecular formula is C6H10O2. The van der Waals surface area contributed by atoms with E-state index >= 15 is 0 Å². The van der Waals surface area contributed by atoms with E-state index < -0.39 is 0 Å². The van der Waals surface area contributed by atoms with Crippen LogP contribution in [-0.4, -0.2) is 23.9 Å². The first kappa shape index (κ1) is 6.05. The molecule has 2 radical (unpaired) electrons. The van der Waals surface area contributed by atoms with Gasteiger partial charge in [-0.1, -0.05) is 0 Å². The van der Waals surface area contributed by atoms with E-state index in [0.717, 1.165) is 12.8 Å². The maximum absolute atomic E-state index is 8.50. The molecule has 0 aromatic carbocycles. The predicted octanol–water partition coefficient (Wildman–Crippen LogP) is 0.237. The quantitative estimate of drug-likeness (QED) is 0.529. The lowest BCUT2D eigenvalue weighted by atomic mass is 10.2. The highest BCUT2D eigenvalue weighted by atomic mass is 16.5. The summed E-state index contributed by atoms with van der Waals surface area (Å²) in [5, 5.41) is 8.50. The van der Waals surface area contributed by atoms with Crippen molar-refractivity contribution < 1.29 is 9.84 Å². The van der Waals surface area contributed by atoms with Crippen LogP contribution in [0.2, 0.25) is 0 Å². The summed E-state index contributed by atoms with van der Waals surface area (Å²) in [6.45, 7) is 5.47. The molecule has 1 saturated heterocycles. The van der Waals surface area contributed by atoms with Crippen molar-refractivity contribution in [1.82, 2.24) is 0 Å². The minimum atomic E-state index is -0.132. The van der Waals surface area contributed by atoms with Crippen molar-refractivity contribution in [3.05, 3.63) is 6.92 Å². The fraction of sp³-hybridized carbons (Fsp3) is 0.833. The van der Waals surface area contributed by atoms with Crippen LogP contribution in [0.5, 0.6) is 0 Å². The van der Waals surface area contributed by atoms with Gasteiger partial charge in [-0.2, -0.15) is 0 Å². The van der Waals surface area contributed by atoms with Crippen LogP contribution in [-0.2, 0) is 4.74 Å². The Morgan fingerprint density at radius 2 is 2.38 bits per heavy atom. The van der Waals surface area contributed by atoms with Crippen molar-refractivity contribution in [2.45, 2.75) is 25.0 Å². The van der Waals surface area contributed by atoms with Gasteiger partial charge in [0.15, 0.2) is 0 Å². The highest BCUT2D eigenvalue weighted by molar-refractivity contribution is 4.73. The summed E-state index contributed by atoms with van der Waals surface area (Å²) in [6.07, 6.45) is 1.65. The number of aliphatic hydroxyl groups is 1. The summed E-state index contributed by atoms with van der Waals surface area (Å²) in [5.74, 6) is 0. The Morgan fingerprint density at radius 3 is 2.62 bits per heavy atom. The highest BCUT2D eigenvalue weighted by Crippen LogP contribution is 2.17. The summed E-state index contributed by atoms with van der Waals surface area (Å²) in [7, 11) is 0. The molecule has 1 heterocycles. The normalized spacial score (nSPS) is 38.2. The molecule has 0 aliphatic carbocycles. The second-order valence-corrected chi connectivity index (χ2v) is 2.06. The Hall–Kier alpha value is -0.0800. The van der Waals surface area contributed by atoms with Crippen LogP contribution in [0.1, 0.15) is 12.8 Å². The molecule has 0 spiro atoms.